The van der Waals surface area contributed by atoms with E-state index in [1.165, 1.54) is 7.05 Å². The highest BCUT2D eigenvalue weighted by molar-refractivity contribution is 6.35. The van der Waals surface area contributed by atoms with Crippen LogP contribution in [-0.2, 0) is 9.59 Å². The highest BCUT2D eigenvalue weighted by atomic mass is 35.5. The first-order valence-electron chi connectivity index (χ1n) is 7.33. The molecule has 2 aromatic rings. The third-order valence-corrected chi connectivity index (χ3v) is 3.91. The van der Waals surface area contributed by atoms with E-state index in [4.69, 9.17) is 11.6 Å². The van der Waals surface area contributed by atoms with Crippen LogP contribution in [0.4, 0.5) is 0 Å². The molecule has 1 aromatic carbocycles. The topological polar surface area (TPSA) is 80.2 Å². The Hall–Kier alpha value is -2.60. The largest absolute Gasteiger partial charge is 0.351 e. The Morgan fingerprint density at radius 1 is 1.08 bits per heavy atom. The average Bonchev–Trinajstić information content (AvgIpc) is 2.87. The van der Waals surface area contributed by atoms with Crippen molar-refractivity contribution < 1.29 is 14.4 Å². The first-order chi connectivity index (χ1) is 11.3. The van der Waals surface area contributed by atoms with Gasteiger partial charge in [0, 0.05) is 34.7 Å². The lowest BCUT2D eigenvalue weighted by Crippen LogP contribution is -2.40. The molecule has 7 heteroatoms. The molecule has 0 saturated carbocycles. The number of likely N-dealkylation sites (N-methyl/N-ethyl adjacent to an activating group) is 1. The van der Waals surface area contributed by atoms with E-state index in [0.717, 1.165) is 17.1 Å². The van der Waals surface area contributed by atoms with Crippen LogP contribution >= 0.6 is 11.6 Å². The molecule has 1 heterocycles. The third-order valence-electron chi connectivity index (χ3n) is 3.66. The molecule has 0 aliphatic carbocycles. The minimum Gasteiger partial charge on any atom is -0.351 e. The van der Waals surface area contributed by atoms with Crippen LogP contribution in [0.15, 0.2) is 30.3 Å². The molecule has 0 aliphatic heterocycles. The lowest BCUT2D eigenvalue weighted by molar-refractivity contribution is -0.138. The second-order valence-electron chi connectivity index (χ2n) is 5.28. The molecule has 0 spiro atoms. The number of halogens is 1. The summed E-state index contributed by atoms with van der Waals surface area (Å²) in [6.07, 6.45) is 0. The number of nitrogens with zero attached hydrogens (tertiary/aromatic N) is 1. The summed E-state index contributed by atoms with van der Waals surface area (Å²) in [6, 6.07) is 9.05. The molecular formula is C17H18ClN3O3. The quantitative estimate of drug-likeness (QED) is 0.653. The van der Waals surface area contributed by atoms with Crippen molar-refractivity contribution in [2.45, 2.75) is 13.8 Å². The predicted molar refractivity (Wildman–Crippen MR) is 91.7 cm³/mol. The molecule has 0 fully saturated rings. The van der Waals surface area contributed by atoms with Crippen molar-refractivity contribution in [2.75, 3.05) is 13.6 Å². The average molecular weight is 348 g/mol. The second-order valence-corrected chi connectivity index (χ2v) is 5.72. The Labute approximate surface area is 144 Å². The summed E-state index contributed by atoms with van der Waals surface area (Å²) in [5.41, 5.74) is 3.03. The Morgan fingerprint density at radius 3 is 2.29 bits per heavy atom. The van der Waals surface area contributed by atoms with Gasteiger partial charge in [-0.25, -0.2) is 0 Å². The van der Waals surface area contributed by atoms with Gasteiger partial charge in [-0.15, -0.1) is 0 Å². The van der Waals surface area contributed by atoms with Gasteiger partial charge in [-0.05, 0) is 44.2 Å². The summed E-state index contributed by atoms with van der Waals surface area (Å²) in [7, 11) is 1.35. The van der Waals surface area contributed by atoms with Gasteiger partial charge < -0.3 is 15.2 Å². The fourth-order valence-corrected chi connectivity index (χ4v) is 2.61. The van der Waals surface area contributed by atoms with E-state index in [1.54, 1.807) is 18.2 Å². The zero-order chi connectivity index (χ0) is 17.9. The molecule has 2 N–H and O–H groups in total. The standard InChI is InChI=1S/C17H18ClN3O3/c1-10-8-14(15(22)9-20-17(24)16(23)19-3)11(2)21(10)13-6-4-12(18)5-7-13/h4-8H,9H2,1-3H3,(H,19,23)(H,20,24). The summed E-state index contributed by atoms with van der Waals surface area (Å²) < 4.78 is 1.93. The maximum absolute atomic E-state index is 12.4. The fourth-order valence-electron chi connectivity index (χ4n) is 2.48. The molecule has 126 valence electrons. The van der Waals surface area contributed by atoms with Gasteiger partial charge in [-0.1, -0.05) is 11.6 Å². The highest BCUT2D eigenvalue weighted by Gasteiger charge is 2.18. The lowest BCUT2D eigenvalue weighted by Gasteiger charge is -2.10. The molecule has 0 radical (unpaired) electrons. The van der Waals surface area contributed by atoms with E-state index >= 15 is 0 Å². The lowest BCUT2D eigenvalue weighted by atomic mass is 10.1. The van der Waals surface area contributed by atoms with Gasteiger partial charge in [0.2, 0.25) is 0 Å². The first-order valence-corrected chi connectivity index (χ1v) is 7.71. The number of aromatic nitrogens is 1. The van der Waals surface area contributed by atoms with Gasteiger partial charge in [-0.3, -0.25) is 14.4 Å². The summed E-state index contributed by atoms with van der Waals surface area (Å²) in [5.74, 6) is -1.88. The van der Waals surface area contributed by atoms with Crippen LogP contribution in [0.1, 0.15) is 21.7 Å². The van der Waals surface area contributed by atoms with Crippen molar-refractivity contribution in [3.05, 3.63) is 52.3 Å². The minimum absolute atomic E-state index is 0.239. The summed E-state index contributed by atoms with van der Waals surface area (Å²) in [6.45, 7) is 3.48. The number of carbonyl (C=O) groups is 3. The Bertz CT molecular complexity index is 794. The van der Waals surface area contributed by atoms with E-state index < -0.39 is 11.8 Å². The number of ketones is 1. The van der Waals surface area contributed by atoms with Crippen molar-refractivity contribution >= 4 is 29.2 Å². The van der Waals surface area contributed by atoms with Gasteiger partial charge in [0.15, 0.2) is 5.78 Å². The van der Waals surface area contributed by atoms with Crippen LogP contribution in [-0.4, -0.2) is 35.8 Å². The van der Waals surface area contributed by atoms with Crippen molar-refractivity contribution in [1.82, 2.24) is 15.2 Å². The number of Topliss-reactive ketones (excluding diaryl/α,β-unsaturated/α-hetero) is 1. The van der Waals surface area contributed by atoms with Crippen molar-refractivity contribution in [2.24, 2.45) is 0 Å². The molecule has 0 saturated heterocycles. The number of carbonyl (C=O) groups excluding carboxylic acids is 3. The molecule has 0 unspecified atom stereocenters. The van der Waals surface area contributed by atoms with Crippen LogP contribution in [0.25, 0.3) is 5.69 Å². The van der Waals surface area contributed by atoms with E-state index in [-0.39, 0.29) is 12.3 Å². The van der Waals surface area contributed by atoms with Crippen LogP contribution in [0.2, 0.25) is 5.02 Å². The highest BCUT2D eigenvalue weighted by Crippen LogP contribution is 2.22. The smallest absolute Gasteiger partial charge is 0.309 e. The molecule has 1 aromatic heterocycles. The molecule has 0 aliphatic rings. The zero-order valence-electron chi connectivity index (χ0n) is 13.6. The van der Waals surface area contributed by atoms with Gasteiger partial charge in [-0.2, -0.15) is 0 Å². The van der Waals surface area contributed by atoms with Gasteiger partial charge in [0.25, 0.3) is 0 Å². The molecule has 24 heavy (non-hydrogen) atoms. The molecule has 6 nitrogen and oxygen atoms in total. The second kappa shape index (κ2) is 7.31. The van der Waals surface area contributed by atoms with E-state index in [2.05, 4.69) is 10.6 Å². The predicted octanol–water partition coefficient (Wildman–Crippen LogP) is 1.79. The van der Waals surface area contributed by atoms with Gasteiger partial charge in [0.1, 0.15) is 0 Å². The van der Waals surface area contributed by atoms with E-state index in [9.17, 15) is 14.4 Å². The molecule has 2 amide bonds. The van der Waals surface area contributed by atoms with Crippen LogP contribution < -0.4 is 10.6 Å². The number of amides is 2. The van der Waals surface area contributed by atoms with Crippen LogP contribution in [0, 0.1) is 13.8 Å². The maximum Gasteiger partial charge on any atom is 0.309 e. The first kappa shape index (κ1) is 17.7. The molecule has 0 bridgehead atoms. The number of hydrogen-bond acceptors (Lipinski definition) is 3. The van der Waals surface area contributed by atoms with Gasteiger partial charge in [0.05, 0.1) is 6.54 Å². The van der Waals surface area contributed by atoms with Gasteiger partial charge >= 0.3 is 11.8 Å². The number of nitrogens with one attached hydrogen (secondary N) is 2. The number of hydrogen-bond donors (Lipinski definition) is 2. The van der Waals surface area contributed by atoms with Crippen molar-refractivity contribution in [3.8, 4) is 5.69 Å². The van der Waals surface area contributed by atoms with Crippen molar-refractivity contribution in [3.63, 3.8) is 0 Å². The third kappa shape index (κ3) is 3.65. The zero-order valence-corrected chi connectivity index (χ0v) is 14.4. The van der Waals surface area contributed by atoms with E-state index in [1.807, 2.05) is 30.5 Å². The summed E-state index contributed by atoms with van der Waals surface area (Å²) >= 11 is 5.91. The summed E-state index contributed by atoms with van der Waals surface area (Å²) in [4.78, 5) is 34.9. The number of benzene rings is 1. The Morgan fingerprint density at radius 2 is 1.71 bits per heavy atom. The molecule has 0 atom stereocenters. The minimum atomic E-state index is -0.836. The van der Waals surface area contributed by atoms with Crippen LogP contribution in [0.3, 0.4) is 0 Å². The molecular weight excluding hydrogens is 330 g/mol. The normalized spacial score (nSPS) is 10.3. The number of aryl methyl sites for hydroxylation is 1. The monoisotopic (exact) mass is 347 g/mol. The van der Waals surface area contributed by atoms with Crippen molar-refractivity contribution in [1.29, 1.82) is 0 Å². The molecule has 2 rings (SSSR count). The fraction of sp³-hybridized carbons (Fsp3) is 0.235. The SMILES string of the molecule is CNC(=O)C(=O)NCC(=O)c1cc(C)n(-c2ccc(Cl)cc2)c1C. The Balaban J connectivity index is 2.22. The van der Waals surface area contributed by atoms with Crippen LogP contribution in [0.5, 0.6) is 0 Å². The van der Waals surface area contributed by atoms with E-state index in [0.29, 0.717) is 10.6 Å². The number of rotatable bonds is 4. The Kier molecular flexibility index (Phi) is 5.41. The maximum atomic E-state index is 12.4. The summed E-state index contributed by atoms with van der Waals surface area (Å²) in [5, 5.41) is 5.14.